The van der Waals surface area contributed by atoms with Crippen LogP contribution in [0.1, 0.15) is 44.7 Å². The first-order chi connectivity index (χ1) is 8.08. The first-order valence-corrected chi connectivity index (χ1v) is 6.76. The summed E-state index contributed by atoms with van der Waals surface area (Å²) in [7, 11) is 1.78. The molecule has 0 aliphatic heterocycles. The Bertz CT molecular complexity index is 429. The third kappa shape index (κ3) is 2.80. The number of aromatic nitrogens is 2. The minimum atomic E-state index is 0.445. The summed E-state index contributed by atoms with van der Waals surface area (Å²) in [6.45, 7) is 6.33. The van der Waals surface area contributed by atoms with Crippen LogP contribution in [-0.4, -0.2) is 23.3 Å². The van der Waals surface area contributed by atoms with Crippen LogP contribution in [0.15, 0.2) is 6.20 Å². The molecule has 1 aromatic heterocycles. The molecule has 0 bridgehead atoms. The Morgan fingerprint density at radius 2 is 2.24 bits per heavy atom. The molecule has 1 heterocycles. The predicted molar refractivity (Wildman–Crippen MR) is 71.9 cm³/mol. The van der Waals surface area contributed by atoms with Gasteiger partial charge in [-0.3, -0.25) is 0 Å². The monoisotopic (exact) mass is 254 g/mol. The second-order valence-electron chi connectivity index (χ2n) is 5.50. The summed E-state index contributed by atoms with van der Waals surface area (Å²) in [6, 6.07) is 0. The van der Waals surface area contributed by atoms with Crippen molar-refractivity contribution in [3.63, 3.8) is 0 Å². The summed E-state index contributed by atoms with van der Waals surface area (Å²) in [5.74, 6) is 0.515. The third-order valence-electron chi connectivity index (χ3n) is 3.78. The van der Waals surface area contributed by atoms with Crippen molar-refractivity contribution in [2.75, 3.05) is 13.7 Å². The average molecular weight is 254 g/mol. The number of ether oxygens (including phenoxy) is 1. The van der Waals surface area contributed by atoms with Gasteiger partial charge in [-0.15, -0.1) is 0 Å². The number of hydrogen-bond donors (Lipinski definition) is 1. The Labute approximate surface area is 108 Å². The molecular formula is C13H22N2OS. The van der Waals surface area contributed by atoms with Crippen molar-refractivity contribution >= 4 is 12.2 Å². The first-order valence-electron chi connectivity index (χ1n) is 6.35. The molecule has 0 atom stereocenters. The van der Waals surface area contributed by atoms with E-state index in [4.69, 9.17) is 17.0 Å². The van der Waals surface area contributed by atoms with Gasteiger partial charge in [-0.1, -0.05) is 13.8 Å². The van der Waals surface area contributed by atoms with Gasteiger partial charge in [-0.25, -0.2) is 0 Å². The molecular weight excluding hydrogens is 232 g/mol. The molecule has 96 valence electrons. The Kier molecular flexibility index (Phi) is 3.73. The Balaban J connectivity index is 2.13. The molecule has 17 heavy (non-hydrogen) atoms. The van der Waals surface area contributed by atoms with E-state index in [9.17, 15) is 0 Å². The zero-order valence-corrected chi connectivity index (χ0v) is 11.8. The SMILES string of the molecule is COCCC1(Cn2c(C(C)C)c[nH]c2=S)CC1. The molecule has 1 aliphatic carbocycles. The Hall–Kier alpha value is -0.610. The molecule has 0 aromatic carbocycles. The van der Waals surface area contributed by atoms with Crippen molar-refractivity contribution in [3.8, 4) is 0 Å². The van der Waals surface area contributed by atoms with Gasteiger partial charge in [-0.2, -0.15) is 0 Å². The molecule has 1 aliphatic rings. The third-order valence-corrected chi connectivity index (χ3v) is 4.12. The maximum Gasteiger partial charge on any atom is 0.177 e. The molecule has 0 unspecified atom stereocenters. The smallest absolute Gasteiger partial charge is 0.177 e. The number of aromatic amines is 1. The lowest BCUT2D eigenvalue weighted by atomic mass is 10.0. The number of nitrogens with one attached hydrogen (secondary N) is 1. The number of methoxy groups -OCH3 is 1. The highest BCUT2D eigenvalue weighted by atomic mass is 32.1. The zero-order chi connectivity index (χ0) is 12.5. The Morgan fingerprint density at radius 1 is 1.53 bits per heavy atom. The van der Waals surface area contributed by atoms with Crippen LogP contribution < -0.4 is 0 Å². The zero-order valence-electron chi connectivity index (χ0n) is 11.0. The molecule has 0 amide bonds. The fourth-order valence-corrected chi connectivity index (χ4v) is 2.60. The summed E-state index contributed by atoms with van der Waals surface area (Å²) in [4.78, 5) is 3.17. The van der Waals surface area contributed by atoms with E-state index in [1.54, 1.807) is 7.11 Å². The van der Waals surface area contributed by atoms with Gasteiger partial charge in [-0.05, 0) is 42.8 Å². The number of rotatable bonds is 6. The minimum absolute atomic E-state index is 0.445. The summed E-state index contributed by atoms with van der Waals surface area (Å²) in [5, 5.41) is 0. The van der Waals surface area contributed by atoms with Crippen LogP contribution >= 0.6 is 12.2 Å². The largest absolute Gasteiger partial charge is 0.385 e. The van der Waals surface area contributed by atoms with E-state index in [1.165, 1.54) is 18.5 Å². The van der Waals surface area contributed by atoms with E-state index in [-0.39, 0.29) is 0 Å². The standard InChI is InChI=1S/C13H22N2OS/c1-10(2)11-8-14-12(17)15(11)9-13(4-5-13)6-7-16-3/h8,10H,4-7,9H2,1-3H3,(H,14,17). The van der Waals surface area contributed by atoms with Gasteiger partial charge in [0.05, 0.1) is 0 Å². The van der Waals surface area contributed by atoms with Gasteiger partial charge in [0.2, 0.25) is 0 Å². The van der Waals surface area contributed by atoms with Crippen LogP contribution in [0.5, 0.6) is 0 Å². The highest BCUT2D eigenvalue weighted by Gasteiger charge is 2.42. The number of hydrogen-bond acceptors (Lipinski definition) is 2. The van der Waals surface area contributed by atoms with E-state index < -0.39 is 0 Å². The fraction of sp³-hybridized carbons (Fsp3) is 0.769. The molecule has 4 heteroatoms. The molecule has 0 radical (unpaired) electrons. The molecule has 0 saturated heterocycles. The van der Waals surface area contributed by atoms with Crippen LogP contribution in [0, 0.1) is 10.2 Å². The van der Waals surface area contributed by atoms with Crippen molar-refractivity contribution < 1.29 is 4.74 Å². The molecule has 1 saturated carbocycles. The van der Waals surface area contributed by atoms with Crippen molar-refractivity contribution in [2.24, 2.45) is 5.41 Å². The van der Waals surface area contributed by atoms with E-state index in [0.29, 0.717) is 11.3 Å². The van der Waals surface area contributed by atoms with Gasteiger partial charge in [0.15, 0.2) is 4.77 Å². The van der Waals surface area contributed by atoms with Crippen molar-refractivity contribution in [1.82, 2.24) is 9.55 Å². The summed E-state index contributed by atoms with van der Waals surface area (Å²) in [5.41, 5.74) is 1.76. The number of imidazole rings is 1. The van der Waals surface area contributed by atoms with Gasteiger partial charge in [0.25, 0.3) is 0 Å². The van der Waals surface area contributed by atoms with Gasteiger partial charge >= 0.3 is 0 Å². The maximum absolute atomic E-state index is 5.38. The maximum atomic E-state index is 5.38. The second-order valence-corrected chi connectivity index (χ2v) is 5.89. The number of H-pyrrole nitrogens is 1. The topological polar surface area (TPSA) is 29.9 Å². The molecule has 0 spiro atoms. The average Bonchev–Trinajstić information content (AvgIpc) is 2.96. The highest BCUT2D eigenvalue weighted by Crippen LogP contribution is 2.50. The van der Waals surface area contributed by atoms with Crippen molar-refractivity contribution in [2.45, 2.75) is 45.6 Å². The minimum Gasteiger partial charge on any atom is -0.385 e. The van der Waals surface area contributed by atoms with Crippen LogP contribution in [-0.2, 0) is 11.3 Å². The first kappa shape index (κ1) is 12.8. The second kappa shape index (κ2) is 4.94. The van der Waals surface area contributed by atoms with E-state index in [0.717, 1.165) is 24.3 Å². The summed E-state index contributed by atoms with van der Waals surface area (Å²) in [6.07, 6.45) is 5.81. The van der Waals surface area contributed by atoms with E-state index in [1.807, 2.05) is 0 Å². The fourth-order valence-electron chi connectivity index (χ4n) is 2.37. The molecule has 2 rings (SSSR count). The lowest BCUT2D eigenvalue weighted by molar-refractivity contribution is 0.166. The lowest BCUT2D eigenvalue weighted by Gasteiger charge is -2.18. The quantitative estimate of drug-likeness (QED) is 0.788. The molecule has 1 aromatic rings. The number of nitrogens with zero attached hydrogens (tertiary/aromatic N) is 1. The van der Waals surface area contributed by atoms with Crippen LogP contribution in [0.4, 0.5) is 0 Å². The van der Waals surface area contributed by atoms with Crippen molar-refractivity contribution in [3.05, 3.63) is 16.7 Å². The molecule has 1 fully saturated rings. The van der Waals surface area contributed by atoms with Gasteiger partial charge < -0.3 is 14.3 Å². The molecule has 3 nitrogen and oxygen atoms in total. The van der Waals surface area contributed by atoms with Crippen LogP contribution in [0.25, 0.3) is 0 Å². The van der Waals surface area contributed by atoms with Crippen molar-refractivity contribution in [1.29, 1.82) is 0 Å². The van der Waals surface area contributed by atoms with E-state index in [2.05, 4.69) is 29.6 Å². The predicted octanol–water partition coefficient (Wildman–Crippen LogP) is 3.49. The van der Waals surface area contributed by atoms with Gasteiger partial charge in [0, 0.05) is 32.2 Å². The summed E-state index contributed by atoms with van der Waals surface area (Å²) >= 11 is 5.38. The van der Waals surface area contributed by atoms with E-state index >= 15 is 0 Å². The summed E-state index contributed by atoms with van der Waals surface area (Å²) < 4.78 is 8.34. The highest BCUT2D eigenvalue weighted by molar-refractivity contribution is 7.71. The molecule has 1 N–H and O–H groups in total. The normalized spacial score (nSPS) is 17.6. The lowest BCUT2D eigenvalue weighted by Crippen LogP contribution is -2.16. The van der Waals surface area contributed by atoms with Crippen LogP contribution in [0.3, 0.4) is 0 Å². The van der Waals surface area contributed by atoms with Gasteiger partial charge in [0.1, 0.15) is 0 Å². The van der Waals surface area contributed by atoms with Crippen LogP contribution in [0.2, 0.25) is 0 Å². The Morgan fingerprint density at radius 3 is 2.76 bits per heavy atom.